The van der Waals surface area contributed by atoms with Gasteiger partial charge < -0.3 is 9.94 Å². The number of benzene rings is 2. The summed E-state index contributed by atoms with van der Waals surface area (Å²) in [5.74, 6) is 0.344. The van der Waals surface area contributed by atoms with Gasteiger partial charge in [0.05, 0.1) is 17.1 Å². The third kappa shape index (κ3) is 5.70. The molecule has 0 saturated heterocycles. The van der Waals surface area contributed by atoms with Crippen LogP contribution in [-0.4, -0.2) is 21.5 Å². The van der Waals surface area contributed by atoms with Gasteiger partial charge in [-0.1, -0.05) is 18.5 Å². The molecular formula is C19H20N2O5. The maximum atomic E-state index is 12.4. The Morgan fingerprint density at radius 1 is 1.15 bits per heavy atom. The highest BCUT2D eigenvalue weighted by molar-refractivity contribution is 6.09. The Kier molecular flexibility index (Phi) is 6.84. The lowest BCUT2D eigenvalue weighted by molar-refractivity contribution is -0.384. The number of nitro benzene ring substituents is 1. The van der Waals surface area contributed by atoms with E-state index < -0.39 is 4.92 Å². The van der Waals surface area contributed by atoms with Crippen LogP contribution < -0.4 is 4.84 Å². The third-order valence-electron chi connectivity index (χ3n) is 3.70. The van der Waals surface area contributed by atoms with Crippen molar-refractivity contribution in [2.45, 2.75) is 32.6 Å². The van der Waals surface area contributed by atoms with Gasteiger partial charge in [-0.3, -0.25) is 14.9 Å². The lowest BCUT2D eigenvalue weighted by Gasteiger charge is -2.06. The van der Waals surface area contributed by atoms with E-state index in [0.717, 1.165) is 12.8 Å². The second-order valence-corrected chi connectivity index (χ2v) is 5.75. The Labute approximate surface area is 151 Å². The van der Waals surface area contributed by atoms with E-state index >= 15 is 0 Å². The van der Waals surface area contributed by atoms with E-state index in [2.05, 4.69) is 5.16 Å². The number of ketones is 1. The maximum Gasteiger partial charge on any atom is 0.269 e. The first-order valence-corrected chi connectivity index (χ1v) is 8.29. The summed E-state index contributed by atoms with van der Waals surface area (Å²) in [7, 11) is 0. The molecule has 0 atom stereocenters. The number of hydrogen-bond donors (Lipinski definition) is 1. The monoisotopic (exact) mass is 356 g/mol. The fraction of sp³-hybridized carbons (Fsp3) is 0.263. The molecule has 0 aliphatic carbocycles. The van der Waals surface area contributed by atoms with Gasteiger partial charge >= 0.3 is 0 Å². The summed E-state index contributed by atoms with van der Waals surface area (Å²) in [6.45, 7) is 2.04. The molecule has 0 saturated carbocycles. The van der Waals surface area contributed by atoms with Crippen LogP contribution in [0.4, 0.5) is 5.69 Å². The fourth-order valence-corrected chi connectivity index (χ4v) is 2.23. The van der Waals surface area contributed by atoms with Crippen LogP contribution in [0.2, 0.25) is 0 Å². The molecule has 7 heteroatoms. The molecule has 26 heavy (non-hydrogen) atoms. The minimum absolute atomic E-state index is 0.0324. The fourth-order valence-electron chi connectivity index (χ4n) is 2.23. The molecule has 0 spiro atoms. The Balaban J connectivity index is 2.07. The van der Waals surface area contributed by atoms with E-state index in [9.17, 15) is 20.0 Å². The first-order chi connectivity index (χ1) is 12.5. The van der Waals surface area contributed by atoms with Gasteiger partial charge in [-0.05, 0) is 49.2 Å². The molecule has 7 nitrogen and oxygen atoms in total. The van der Waals surface area contributed by atoms with E-state index in [1.807, 2.05) is 6.92 Å². The molecule has 2 rings (SSSR count). The molecule has 0 radical (unpaired) electrons. The van der Waals surface area contributed by atoms with Crippen molar-refractivity contribution in [3.05, 3.63) is 64.2 Å². The van der Waals surface area contributed by atoms with Crippen molar-refractivity contribution in [2.24, 2.45) is 5.16 Å². The molecule has 2 aromatic rings. The zero-order valence-electron chi connectivity index (χ0n) is 14.4. The molecule has 1 N–H and O–H groups in total. The van der Waals surface area contributed by atoms with Crippen LogP contribution in [0.25, 0.3) is 0 Å². The number of oxime groups is 1. The normalized spacial score (nSPS) is 11.2. The van der Waals surface area contributed by atoms with Crippen LogP contribution in [0.5, 0.6) is 11.5 Å². The van der Waals surface area contributed by atoms with Gasteiger partial charge in [0.25, 0.3) is 5.69 Å². The predicted octanol–water partition coefficient (Wildman–Crippen LogP) is 4.50. The number of unbranched alkanes of at least 4 members (excludes halogenated alkanes) is 1. The van der Waals surface area contributed by atoms with E-state index in [0.29, 0.717) is 23.4 Å². The number of carbonyl (C=O) groups excluding carboxylic acids is 1. The number of carbonyl (C=O) groups is 1. The van der Waals surface area contributed by atoms with Gasteiger partial charge in [0.1, 0.15) is 5.75 Å². The minimum atomic E-state index is -0.490. The lowest BCUT2D eigenvalue weighted by atomic mass is 10.0. The topological polar surface area (TPSA) is 102 Å². The summed E-state index contributed by atoms with van der Waals surface area (Å²) >= 11 is 0. The molecule has 2 aromatic carbocycles. The van der Waals surface area contributed by atoms with Crippen LogP contribution in [0.1, 0.15) is 43.0 Å². The van der Waals surface area contributed by atoms with Crippen LogP contribution in [0, 0.1) is 10.1 Å². The summed E-state index contributed by atoms with van der Waals surface area (Å²) in [5, 5.41) is 24.0. The van der Waals surface area contributed by atoms with Crippen molar-refractivity contribution in [3.63, 3.8) is 0 Å². The molecule has 0 unspecified atom stereocenters. The molecule has 0 amide bonds. The SMILES string of the molecule is CCCC/C(CC(=O)c1ccc(O)cc1)=N\Oc1ccc([N+](=O)[O-])cc1. The van der Waals surface area contributed by atoms with Crippen molar-refractivity contribution in [1.82, 2.24) is 0 Å². The highest BCUT2D eigenvalue weighted by atomic mass is 16.6. The van der Waals surface area contributed by atoms with E-state index in [1.54, 1.807) is 12.1 Å². The van der Waals surface area contributed by atoms with Crippen LogP contribution >= 0.6 is 0 Å². The van der Waals surface area contributed by atoms with E-state index in [4.69, 9.17) is 4.84 Å². The number of non-ortho nitro benzene ring substituents is 1. The largest absolute Gasteiger partial charge is 0.508 e. The van der Waals surface area contributed by atoms with Gasteiger partial charge in [0.2, 0.25) is 0 Å². The molecule has 0 bridgehead atoms. The van der Waals surface area contributed by atoms with E-state index in [1.165, 1.54) is 36.4 Å². The Bertz CT molecular complexity index is 783. The summed E-state index contributed by atoms with van der Waals surface area (Å²) in [6.07, 6.45) is 2.54. The summed E-state index contributed by atoms with van der Waals surface area (Å²) < 4.78 is 0. The number of aromatic hydroxyl groups is 1. The van der Waals surface area contributed by atoms with Crippen LogP contribution in [0.15, 0.2) is 53.7 Å². The van der Waals surface area contributed by atoms with Crippen LogP contribution in [0.3, 0.4) is 0 Å². The number of rotatable bonds is 9. The van der Waals surface area contributed by atoms with Crippen molar-refractivity contribution >= 4 is 17.2 Å². The molecule has 0 aliphatic heterocycles. The molecule has 0 aromatic heterocycles. The smallest absolute Gasteiger partial charge is 0.269 e. The second kappa shape index (κ2) is 9.31. The van der Waals surface area contributed by atoms with Crippen molar-refractivity contribution in [1.29, 1.82) is 0 Å². The first-order valence-electron chi connectivity index (χ1n) is 8.29. The standard InChI is InChI=1S/C19H20N2O5/c1-2-3-4-15(13-19(23)14-5-9-17(22)10-6-14)20-26-18-11-7-16(8-12-18)21(24)25/h5-12,22H,2-4,13H2,1H3/b20-15+. The number of hydrogen-bond acceptors (Lipinski definition) is 6. The van der Waals surface area contributed by atoms with Crippen molar-refractivity contribution < 1.29 is 19.7 Å². The first kappa shape index (κ1) is 19.1. The average Bonchev–Trinajstić information content (AvgIpc) is 2.64. The molecular weight excluding hydrogens is 336 g/mol. The van der Waals surface area contributed by atoms with Gasteiger partial charge in [-0.15, -0.1) is 0 Å². The molecule has 136 valence electrons. The highest BCUT2D eigenvalue weighted by Gasteiger charge is 2.12. The van der Waals surface area contributed by atoms with Gasteiger partial charge in [0, 0.05) is 17.7 Å². The van der Waals surface area contributed by atoms with Crippen molar-refractivity contribution in [2.75, 3.05) is 0 Å². The number of nitrogens with zero attached hydrogens (tertiary/aromatic N) is 2. The number of Topliss-reactive ketones (excluding diaryl/α,β-unsaturated/α-hetero) is 1. The summed E-state index contributed by atoms with van der Waals surface area (Å²) in [4.78, 5) is 27.9. The zero-order valence-corrected chi connectivity index (χ0v) is 14.4. The van der Waals surface area contributed by atoms with Gasteiger partial charge in [-0.25, -0.2) is 0 Å². The average molecular weight is 356 g/mol. The van der Waals surface area contributed by atoms with Crippen molar-refractivity contribution in [3.8, 4) is 11.5 Å². The second-order valence-electron chi connectivity index (χ2n) is 5.75. The molecule has 0 aliphatic rings. The molecule has 0 fully saturated rings. The Hall–Kier alpha value is -3.22. The van der Waals surface area contributed by atoms with E-state index in [-0.39, 0.29) is 23.6 Å². The summed E-state index contributed by atoms with van der Waals surface area (Å²) in [6, 6.07) is 11.6. The van der Waals surface area contributed by atoms with Gasteiger partial charge in [0.15, 0.2) is 11.5 Å². The van der Waals surface area contributed by atoms with Gasteiger partial charge in [-0.2, -0.15) is 0 Å². The minimum Gasteiger partial charge on any atom is -0.508 e. The number of phenols is 1. The highest BCUT2D eigenvalue weighted by Crippen LogP contribution is 2.18. The summed E-state index contributed by atoms with van der Waals surface area (Å²) in [5.41, 5.74) is 1.06. The predicted molar refractivity (Wildman–Crippen MR) is 97.7 cm³/mol. The van der Waals surface area contributed by atoms with Crippen LogP contribution in [-0.2, 0) is 0 Å². The lowest BCUT2D eigenvalue weighted by Crippen LogP contribution is -2.10. The maximum absolute atomic E-state index is 12.4. The number of phenolic OH excluding ortho intramolecular Hbond substituents is 1. The number of nitro groups is 1. The molecule has 0 heterocycles. The Morgan fingerprint density at radius 3 is 2.38 bits per heavy atom. The quantitative estimate of drug-likeness (QED) is 0.308. The zero-order chi connectivity index (χ0) is 18.9. The third-order valence-corrected chi connectivity index (χ3v) is 3.70. The Morgan fingerprint density at radius 2 is 1.81 bits per heavy atom.